The van der Waals surface area contributed by atoms with Gasteiger partial charge in [-0.2, -0.15) is 0 Å². The van der Waals surface area contributed by atoms with Crippen molar-refractivity contribution in [1.82, 2.24) is 4.90 Å². The topological polar surface area (TPSA) is 101 Å². The maximum Gasteiger partial charge on any atom is 0.331 e. The second-order valence-corrected chi connectivity index (χ2v) is 6.03. The predicted molar refractivity (Wildman–Crippen MR) is 72.2 cm³/mol. The summed E-state index contributed by atoms with van der Waals surface area (Å²) in [5, 5.41) is 8.26. The molecule has 0 spiro atoms. The molecule has 0 amide bonds. The van der Waals surface area contributed by atoms with Crippen LogP contribution in [0.4, 0.5) is 0 Å². The Hall–Kier alpha value is -1.12. The number of hydrogen-bond acceptors (Lipinski definition) is 6. The van der Waals surface area contributed by atoms with E-state index in [9.17, 15) is 18.0 Å². The Kier molecular flexibility index (Phi) is 10.4. The van der Waals surface area contributed by atoms with Gasteiger partial charge in [0.05, 0.1) is 5.75 Å². The largest absolute Gasteiger partial charge is 0.478 e. The third-order valence-electron chi connectivity index (χ3n) is 1.92. The van der Waals surface area contributed by atoms with E-state index in [0.29, 0.717) is 19.2 Å². The first kappa shape index (κ1) is 20.2. The molecule has 0 radical (unpaired) electrons. The number of esters is 1. The van der Waals surface area contributed by atoms with Gasteiger partial charge in [-0.1, -0.05) is 0 Å². The molecule has 0 aliphatic heterocycles. The molecule has 112 valence electrons. The Morgan fingerprint density at radius 1 is 1.26 bits per heavy atom. The van der Waals surface area contributed by atoms with Gasteiger partial charge in [0.25, 0.3) is 0 Å². The lowest BCUT2D eigenvalue weighted by atomic mass is 10.5. The number of aliphatic carboxylic acids is 1. The average Bonchev–Trinajstić information content (AvgIpc) is 2.22. The van der Waals surface area contributed by atoms with Crippen LogP contribution >= 0.6 is 12.4 Å². The number of halogens is 1. The summed E-state index contributed by atoms with van der Waals surface area (Å²) in [6.45, 7) is 0.798. The summed E-state index contributed by atoms with van der Waals surface area (Å²) in [6, 6.07) is 0. The normalized spacial score (nSPS) is 11.3. The standard InChI is InChI=1S/C10H17NO6S.ClH/c1-11(6-8-18(2,15)16)5-7-17-10(14)4-3-9(12)13;/h3-4H,5-8H2,1-2H3,(H,12,13);1H/b4-3+;. The number of likely N-dealkylation sites (N-methyl/N-ethyl adjacent to an activating group) is 1. The minimum Gasteiger partial charge on any atom is -0.478 e. The Labute approximate surface area is 118 Å². The van der Waals surface area contributed by atoms with Gasteiger partial charge in [-0.25, -0.2) is 18.0 Å². The van der Waals surface area contributed by atoms with E-state index in [1.165, 1.54) is 0 Å². The molecule has 0 unspecified atom stereocenters. The predicted octanol–water partition coefficient (Wildman–Crippen LogP) is -0.431. The van der Waals surface area contributed by atoms with Crippen molar-refractivity contribution >= 4 is 34.2 Å². The first-order chi connectivity index (χ1) is 8.20. The molecule has 0 aliphatic rings. The lowest BCUT2D eigenvalue weighted by molar-refractivity contribution is -0.139. The Morgan fingerprint density at radius 2 is 1.84 bits per heavy atom. The van der Waals surface area contributed by atoms with Gasteiger partial charge < -0.3 is 14.7 Å². The highest BCUT2D eigenvalue weighted by Gasteiger charge is 2.06. The molecule has 0 aromatic rings. The summed E-state index contributed by atoms with van der Waals surface area (Å²) in [5.41, 5.74) is 0. The van der Waals surface area contributed by atoms with Crippen molar-refractivity contribution in [3.8, 4) is 0 Å². The van der Waals surface area contributed by atoms with E-state index in [2.05, 4.69) is 0 Å². The van der Waals surface area contributed by atoms with Crippen LogP contribution in [0.1, 0.15) is 0 Å². The molecule has 0 rings (SSSR count). The van der Waals surface area contributed by atoms with E-state index in [1.807, 2.05) is 0 Å². The van der Waals surface area contributed by atoms with E-state index < -0.39 is 21.8 Å². The fourth-order valence-electron chi connectivity index (χ4n) is 0.923. The zero-order valence-electron chi connectivity index (χ0n) is 10.7. The number of carboxylic acids is 1. The van der Waals surface area contributed by atoms with Crippen molar-refractivity contribution in [2.75, 3.05) is 38.8 Å². The molecule has 7 nitrogen and oxygen atoms in total. The zero-order chi connectivity index (χ0) is 14.2. The highest BCUT2D eigenvalue weighted by molar-refractivity contribution is 7.90. The maximum absolute atomic E-state index is 11.0. The summed E-state index contributed by atoms with van der Waals surface area (Å²) in [6.07, 6.45) is 2.66. The molecule has 0 atom stereocenters. The fourth-order valence-corrected chi connectivity index (χ4v) is 1.57. The molecular weight excluding hydrogens is 298 g/mol. The monoisotopic (exact) mass is 315 g/mol. The third-order valence-corrected chi connectivity index (χ3v) is 2.85. The Bertz CT molecular complexity index is 420. The van der Waals surface area contributed by atoms with Crippen molar-refractivity contribution in [1.29, 1.82) is 0 Å². The smallest absolute Gasteiger partial charge is 0.331 e. The van der Waals surface area contributed by atoms with Crippen LogP contribution in [0, 0.1) is 0 Å². The number of sulfone groups is 1. The average molecular weight is 316 g/mol. The Morgan fingerprint density at radius 3 is 2.32 bits per heavy atom. The van der Waals surface area contributed by atoms with Crippen LogP contribution in [-0.4, -0.2) is 69.1 Å². The van der Waals surface area contributed by atoms with E-state index in [1.54, 1.807) is 11.9 Å². The van der Waals surface area contributed by atoms with Gasteiger partial charge >= 0.3 is 11.9 Å². The molecular formula is C10H18ClNO6S. The number of carbonyl (C=O) groups excluding carboxylic acids is 1. The molecule has 0 saturated heterocycles. The van der Waals surface area contributed by atoms with E-state index in [-0.39, 0.29) is 24.8 Å². The van der Waals surface area contributed by atoms with Crippen LogP contribution < -0.4 is 0 Å². The summed E-state index contributed by atoms with van der Waals surface area (Å²) >= 11 is 0. The van der Waals surface area contributed by atoms with Crippen molar-refractivity contribution in [2.45, 2.75) is 0 Å². The minimum absolute atomic E-state index is 0. The summed E-state index contributed by atoms with van der Waals surface area (Å²) in [7, 11) is -1.30. The van der Waals surface area contributed by atoms with Gasteiger partial charge in [-0.15, -0.1) is 12.4 Å². The molecule has 0 aromatic carbocycles. The van der Waals surface area contributed by atoms with Gasteiger partial charge in [0.15, 0.2) is 0 Å². The Balaban J connectivity index is 0. The molecule has 1 N–H and O–H groups in total. The second-order valence-electron chi connectivity index (χ2n) is 3.77. The molecule has 0 saturated carbocycles. The number of carboxylic acid groups (broad SMARTS) is 1. The quantitative estimate of drug-likeness (QED) is 0.479. The molecule has 0 fully saturated rings. The summed E-state index contributed by atoms with van der Waals surface area (Å²) in [5.74, 6) is -1.93. The first-order valence-electron chi connectivity index (χ1n) is 5.15. The van der Waals surface area contributed by atoms with Crippen LogP contribution in [0.3, 0.4) is 0 Å². The number of nitrogens with zero attached hydrogens (tertiary/aromatic N) is 1. The van der Waals surface area contributed by atoms with Crippen LogP contribution in [-0.2, 0) is 24.2 Å². The summed E-state index contributed by atoms with van der Waals surface area (Å²) < 4.78 is 26.5. The van der Waals surface area contributed by atoms with Gasteiger partial charge in [0, 0.05) is 31.5 Å². The van der Waals surface area contributed by atoms with Gasteiger partial charge in [-0.05, 0) is 7.05 Å². The van der Waals surface area contributed by atoms with Crippen LogP contribution in [0.2, 0.25) is 0 Å². The van der Waals surface area contributed by atoms with E-state index in [0.717, 1.165) is 12.3 Å². The van der Waals surface area contributed by atoms with Gasteiger partial charge in [0.2, 0.25) is 0 Å². The second kappa shape index (κ2) is 9.76. The van der Waals surface area contributed by atoms with Crippen molar-refractivity contribution in [3.05, 3.63) is 12.2 Å². The van der Waals surface area contributed by atoms with Crippen LogP contribution in [0.5, 0.6) is 0 Å². The highest BCUT2D eigenvalue weighted by atomic mass is 35.5. The van der Waals surface area contributed by atoms with E-state index >= 15 is 0 Å². The van der Waals surface area contributed by atoms with Crippen LogP contribution in [0.15, 0.2) is 12.2 Å². The molecule has 0 bridgehead atoms. The molecule has 0 heterocycles. The first-order valence-corrected chi connectivity index (χ1v) is 7.21. The van der Waals surface area contributed by atoms with Gasteiger partial charge in [0.1, 0.15) is 16.4 Å². The summed E-state index contributed by atoms with van der Waals surface area (Å²) in [4.78, 5) is 22.8. The number of ether oxygens (including phenoxy) is 1. The highest BCUT2D eigenvalue weighted by Crippen LogP contribution is 1.89. The number of hydrogen-bond donors (Lipinski definition) is 1. The molecule has 9 heteroatoms. The van der Waals surface area contributed by atoms with E-state index in [4.69, 9.17) is 9.84 Å². The molecule has 19 heavy (non-hydrogen) atoms. The minimum atomic E-state index is -3.00. The van der Waals surface area contributed by atoms with Gasteiger partial charge in [-0.3, -0.25) is 0 Å². The van der Waals surface area contributed by atoms with Crippen LogP contribution in [0.25, 0.3) is 0 Å². The lowest BCUT2D eigenvalue weighted by Crippen LogP contribution is -2.29. The molecule has 0 aromatic heterocycles. The van der Waals surface area contributed by atoms with Crippen molar-refractivity contribution < 1.29 is 27.9 Å². The van der Waals surface area contributed by atoms with Crippen molar-refractivity contribution in [2.24, 2.45) is 0 Å². The SMILES string of the molecule is CN(CCOC(=O)/C=C/C(=O)O)CCS(C)(=O)=O.Cl. The zero-order valence-corrected chi connectivity index (χ0v) is 12.4. The van der Waals surface area contributed by atoms with Crippen molar-refractivity contribution in [3.63, 3.8) is 0 Å². The number of rotatable bonds is 8. The molecule has 0 aliphatic carbocycles. The fraction of sp³-hybridized carbons (Fsp3) is 0.600. The third kappa shape index (κ3) is 14.8. The maximum atomic E-state index is 11.0. The number of carbonyl (C=O) groups is 2. The lowest BCUT2D eigenvalue weighted by Gasteiger charge is -2.15.